The van der Waals surface area contributed by atoms with E-state index in [1.165, 1.54) is 25.3 Å². The fourth-order valence-electron chi connectivity index (χ4n) is 2.31. The van der Waals surface area contributed by atoms with E-state index in [-0.39, 0.29) is 0 Å². The second-order valence-corrected chi connectivity index (χ2v) is 6.17. The van der Waals surface area contributed by atoms with Crippen molar-refractivity contribution in [2.24, 2.45) is 0 Å². The fraction of sp³-hybridized carbons (Fsp3) is 0.500. The molecule has 0 rings (SSSR count). The molecule has 0 amide bonds. The van der Waals surface area contributed by atoms with Crippen molar-refractivity contribution >= 4 is 5.97 Å². The van der Waals surface area contributed by atoms with Crippen molar-refractivity contribution < 1.29 is 20.1 Å². The van der Waals surface area contributed by atoms with E-state index in [0.717, 1.165) is 25.3 Å². The number of rotatable bonds is 15. The molecule has 4 nitrogen and oxygen atoms in total. The molecule has 4 heteroatoms. The van der Waals surface area contributed by atoms with E-state index >= 15 is 0 Å². The summed E-state index contributed by atoms with van der Waals surface area (Å²) >= 11 is 0. The molecular formula is C22H34O4. The van der Waals surface area contributed by atoms with Crippen molar-refractivity contribution in [3.8, 4) is 0 Å². The number of aliphatic hydroxyl groups is 2. The monoisotopic (exact) mass is 362 g/mol. The Morgan fingerprint density at radius 3 is 1.92 bits per heavy atom. The molecule has 26 heavy (non-hydrogen) atoms. The summed E-state index contributed by atoms with van der Waals surface area (Å²) < 4.78 is 0. The molecule has 0 saturated heterocycles. The van der Waals surface area contributed by atoms with Crippen molar-refractivity contribution in [2.75, 3.05) is 0 Å². The van der Waals surface area contributed by atoms with Crippen molar-refractivity contribution in [2.45, 2.75) is 70.5 Å². The number of hydrogen-bond acceptors (Lipinski definition) is 3. The number of carboxylic acids is 1. The van der Waals surface area contributed by atoms with Crippen LogP contribution in [-0.4, -0.2) is 33.5 Å². The van der Waals surface area contributed by atoms with E-state index in [0.29, 0.717) is 12.8 Å². The second kappa shape index (κ2) is 17.9. The number of aliphatic carboxylic acids is 1. The Morgan fingerprint density at radius 1 is 0.769 bits per heavy atom. The van der Waals surface area contributed by atoms with Gasteiger partial charge < -0.3 is 15.3 Å². The molecule has 0 bridgehead atoms. The van der Waals surface area contributed by atoms with E-state index in [4.69, 9.17) is 5.11 Å². The van der Waals surface area contributed by atoms with Gasteiger partial charge in [0.1, 0.15) is 0 Å². The summed E-state index contributed by atoms with van der Waals surface area (Å²) in [5, 5.41) is 27.5. The van der Waals surface area contributed by atoms with E-state index < -0.39 is 18.2 Å². The average molecular weight is 363 g/mol. The van der Waals surface area contributed by atoms with Gasteiger partial charge in [0.15, 0.2) is 0 Å². The summed E-state index contributed by atoms with van der Waals surface area (Å²) in [7, 11) is 0. The summed E-state index contributed by atoms with van der Waals surface area (Å²) in [6.07, 6.45) is 24.6. The highest BCUT2D eigenvalue weighted by atomic mass is 16.4. The van der Waals surface area contributed by atoms with Gasteiger partial charge in [-0.3, -0.25) is 0 Å². The van der Waals surface area contributed by atoms with Crippen LogP contribution < -0.4 is 0 Å². The highest BCUT2D eigenvalue weighted by Gasteiger charge is 2.12. The standard InChI is InChI=1S/C22H34O4/c1-2-20(23)21(24)18-16-14-12-10-8-6-4-3-5-7-9-11-13-15-17-19-22(25)26/h3-5,7,9,11,13,15,17,19-21,23-24H,2,6,8,10,12,14,16,18H2,1H3,(H,25,26)/b4-3+,7-5+,11-9+,15-13+,19-17+. The maximum atomic E-state index is 10.2. The molecule has 2 atom stereocenters. The summed E-state index contributed by atoms with van der Waals surface area (Å²) in [6.45, 7) is 1.88. The van der Waals surface area contributed by atoms with Gasteiger partial charge in [-0.2, -0.15) is 0 Å². The van der Waals surface area contributed by atoms with Crippen molar-refractivity contribution in [1.82, 2.24) is 0 Å². The van der Waals surface area contributed by atoms with Crippen LogP contribution in [0.2, 0.25) is 0 Å². The quantitative estimate of drug-likeness (QED) is 0.224. The highest BCUT2D eigenvalue weighted by Crippen LogP contribution is 2.11. The number of carbonyl (C=O) groups is 1. The first-order valence-electron chi connectivity index (χ1n) is 9.50. The van der Waals surface area contributed by atoms with Crippen LogP contribution in [0.4, 0.5) is 0 Å². The minimum absolute atomic E-state index is 0.569. The van der Waals surface area contributed by atoms with Gasteiger partial charge in [0.2, 0.25) is 0 Å². The predicted molar refractivity (Wildman–Crippen MR) is 108 cm³/mol. The SMILES string of the molecule is CCC(O)C(O)CCCCCCC/C=C/C=C/C=C/C=C/C=C/C(=O)O. The van der Waals surface area contributed by atoms with E-state index in [9.17, 15) is 15.0 Å². The fourth-order valence-corrected chi connectivity index (χ4v) is 2.31. The summed E-state index contributed by atoms with van der Waals surface area (Å²) in [6, 6.07) is 0. The molecule has 3 N–H and O–H groups in total. The molecule has 0 aromatic rings. The molecule has 2 unspecified atom stereocenters. The van der Waals surface area contributed by atoms with E-state index in [1.54, 1.807) is 12.2 Å². The van der Waals surface area contributed by atoms with Crippen LogP contribution in [0, 0.1) is 0 Å². The van der Waals surface area contributed by atoms with E-state index in [2.05, 4.69) is 6.08 Å². The van der Waals surface area contributed by atoms with Crippen LogP contribution >= 0.6 is 0 Å². The Kier molecular flexibility index (Phi) is 16.6. The third-order valence-electron chi connectivity index (χ3n) is 3.89. The summed E-state index contributed by atoms with van der Waals surface area (Å²) in [4.78, 5) is 10.2. The van der Waals surface area contributed by atoms with Gasteiger partial charge in [-0.1, -0.05) is 87.3 Å². The van der Waals surface area contributed by atoms with Crippen LogP contribution in [0.5, 0.6) is 0 Å². The van der Waals surface area contributed by atoms with Crippen molar-refractivity contribution in [3.63, 3.8) is 0 Å². The average Bonchev–Trinajstić information content (AvgIpc) is 2.63. The first-order valence-corrected chi connectivity index (χ1v) is 9.50. The number of hydrogen-bond donors (Lipinski definition) is 3. The molecule has 0 aliphatic heterocycles. The van der Waals surface area contributed by atoms with Crippen LogP contribution in [0.3, 0.4) is 0 Å². The van der Waals surface area contributed by atoms with Gasteiger partial charge in [0, 0.05) is 6.08 Å². The zero-order valence-corrected chi connectivity index (χ0v) is 15.8. The second-order valence-electron chi connectivity index (χ2n) is 6.17. The lowest BCUT2D eigenvalue weighted by molar-refractivity contribution is -0.131. The molecule has 0 spiro atoms. The Bertz CT molecular complexity index is 486. The first-order chi connectivity index (χ1) is 12.6. The largest absolute Gasteiger partial charge is 0.478 e. The Hall–Kier alpha value is -1.91. The van der Waals surface area contributed by atoms with Crippen LogP contribution in [0.15, 0.2) is 60.8 Å². The molecule has 0 fully saturated rings. The molecule has 0 aromatic heterocycles. The molecule has 0 saturated carbocycles. The van der Waals surface area contributed by atoms with Gasteiger partial charge in [0.05, 0.1) is 12.2 Å². The van der Waals surface area contributed by atoms with Gasteiger partial charge in [-0.15, -0.1) is 0 Å². The first kappa shape index (κ1) is 24.1. The number of allylic oxidation sites excluding steroid dienone is 9. The Balaban J connectivity index is 3.54. The van der Waals surface area contributed by atoms with Gasteiger partial charge in [-0.25, -0.2) is 4.79 Å². The molecule has 0 aliphatic carbocycles. The minimum atomic E-state index is -0.950. The van der Waals surface area contributed by atoms with Crippen molar-refractivity contribution in [1.29, 1.82) is 0 Å². The topological polar surface area (TPSA) is 77.8 Å². The smallest absolute Gasteiger partial charge is 0.328 e. The van der Waals surface area contributed by atoms with Crippen LogP contribution in [0.1, 0.15) is 58.3 Å². The normalized spacial score (nSPS) is 15.2. The van der Waals surface area contributed by atoms with E-state index in [1.807, 2.05) is 37.3 Å². The lowest BCUT2D eigenvalue weighted by Gasteiger charge is -2.15. The maximum Gasteiger partial charge on any atom is 0.328 e. The van der Waals surface area contributed by atoms with Gasteiger partial charge in [0.25, 0.3) is 0 Å². The molecule has 0 aromatic carbocycles. The predicted octanol–water partition coefficient (Wildman–Crippen LogP) is 4.71. The maximum absolute atomic E-state index is 10.2. The summed E-state index contributed by atoms with van der Waals surface area (Å²) in [5.41, 5.74) is 0. The molecule has 0 aliphatic rings. The lowest BCUT2D eigenvalue weighted by Crippen LogP contribution is -2.24. The van der Waals surface area contributed by atoms with Crippen LogP contribution in [-0.2, 0) is 4.79 Å². The third kappa shape index (κ3) is 16.9. The zero-order chi connectivity index (χ0) is 19.5. The highest BCUT2D eigenvalue weighted by molar-refractivity contribution is 5.80. The third-order valence-corrected chi connectivity index (χ3v) is 3.89. The molecule has 146 valence electrons. The van der Waals surface area contributed by atoms with Crippen LogP contribution in [0.25, 0.3) is 0 Å². The molecule has 0 heterocycles. The minimum Gasteiger partial charge on any atom is -0.478 e. The molecule has 0 radical (unpaired) electrons. The number of unbranched alkanes of at least 4 members (excludes halogenated alkanes) is 5. The summed E-state index contributed by atoms with van der Waals surface area (Å²) in [5.74, 6) is -0.950. The van der Waals surface area contributed by atoms with Crippen molar-refractivity contribution in [3.05, 3.63) is 60.8 Å². The zero-order valence-electron chi connectivity index (χ0n) is 15.8. The Labute approximate surface area is 157 Å². The lowest BCUT2D eigenvalue weighted by atomic mass is 10.0. The number of aliphatic hydroxyl groups excluding tert-OH is 2. The Morgan fingerprint density at radius 2 is 1.31 bits per heavy atom. The van der Waals surface area contributed by atoms with Gasteiger partial charge >= 0.3 is 5.97 Å². The number of carboxylic acid groups (broad SMARTS) is 1. The molecular weight excluding hydrogens is 328 g/mol. The van der Waals surface area contributed by atoms with Gasteiger partial charge in [-0.05, 0) is 25.7 Å².